The highest BCUT2D eigenvalue weighted by Gasteiger charge is 2.28. The zero-order valence-corrected chi connectivity index (χ0v) is 13.2. The van der Waals surface area contributed by atoms with E-state index in [9.17, 15) is 8.42 Å². The molecule has 0 fully saturated rings. The topological polar surface area (TPSA) is 63.4 Å². The molecule has 1 rings (SSSR count). The number of hydrogen-bond acceptors (Lipinski definition) is 3. The maximum atomic E-state index is 12.7. The molecule has 0 aliphatic rings. The van der Waals surface area contributed by atoms with E-state index in [1.807, 2.05) is 13.8 Å². The number of nitrogens with zero attached hydrogens (tertiary/aromatic N) is 1. The summed E-state index contributed by atoms with van der Waals surface area (Å²) in [5.74, 6) is 0. The minimum Gasteiger partial charge on any atom is -0.399 e. The van der Waals surface area contributed by atoms with Gasteiger partial charge in [0.25, 0.3) is 0 Å². The maximum absolute atomic E-state index is 12.7. The largest absolute Gasteiger partial charge is 0.399 e. The van der Waals surface area contributed by atoms with Crippen molar-refractivity contribution in [3.05, 3.63) is 23.3 Å². The van der Waals surface area contributed by atoms with Gasteiger partial charge < -0.3 is 5.73 Å². The van der Waals surface area contributed by atoms with Crippen LogP contribution in [0.25, 0.3) is 0 Å². The molecule has 1 aromatic carbocycles. The zero-order chi connectivity index (χ0) is 14.8. The van der Waals surface area contributed by atoms with E-state index in [2.05, 4.69) is 0 Å². The van der Waals surface area contributed by atoms with Gasteiger partial charge in [0, 0.05) is 18.8 Å². The molecular weight excluding hydrogens is 260 g/mol. The SMILES string of the molecule is CCC(CC)N(C)S(=O)(=O)c1c(C)cc(N)cc1C. The van der Waals surface area contributed by atoms with Crippen LogP contribution >= 0.6 is 0 Å². The fraction of sp³-hybridized carbons (Fsp3) is 0.571. The van der Waals surface area contributed by atoms with E-state index in [1.165, 1.54) is 4.31 Å². The molecule has 2 N–H and O–H groups in total. The number of rotatable bonds is 5. The lowest BCUT2D eigenvalue weighted by atomic mass is 10.1. The van der Waals surface area contributed by atoms with Gasteiger partial charge in [-0.3, -0.25) is 0 Å². The van der Waals surface area contributed by atoms with Gasteiger partial charge in [-0.25, -0.2) is 8.42 Å². The molecule has 0 aromatic heterocycles. The van der Waals surface area contributed by atoms with E-state index in [0.717, 1.165) is 12.8 Å². The summed E-state index contributed by atoms with van der Waals surface area (Å²) in [7, 11) is -1.81. The molecule has 108 valence electrons. The second-order valence-electron chi connectivity index (χ2n) is 4.98. The van der Waals surface area contributed by atoms with Gasteiger partial charge in [-0.1, -0.05) is 13.8 Å². The summed E-state index contributed by atoms with van der Waals surface area (Å²) in [5, 5.41) is 0. The van der Waals surface area contributed by atoms with Crippen LogP contribution in [0.15, 0.2) is 17.0 Å². The van der Waals surface area contributed by atoms with Crippen molar-refractivity contribution in [2.24, 2.45) is 0 Å². The standard InChI is InChI=1S/C14H24N2O2S/c1-6-13(7-2)16(5)19(17,18)14-10(3)8-12(15)9-11(14)4/h8-9,13H,6-7,15H2,1-5H3. The second-order valence-corrected chi connectivity index (χ2v) is 6.91. The first-order chi connectivity index (χ1) is 8.75. The maximum Gasteiger partial charge on any atom is 0.243 e. The van der Waals surface area contributed by atoms with Crippen LogP contribution in [0.5, 0.6) is 0 Å². The highest BCUT2D eigenvalue weighted by atomic mass is 32.2. The molecule has 0 unspecified atom stereocenters. The molecule has 0 atom stereocenters. The quantitative estimate of drug-likeness (QED) is 0.846. The summed E-state index contributed by atoms with van der Waals surface area (Å²) in [5.41, 5.74) is 7.76. The number of aryl methyl sites for hydroxylation is 2. The van der Waals surface area contributed by atoms with Gasteiger partial charge in [0.2, 0.25) is 10.0 Å². The lowest BCUT2D eigenvalue weighted by Gasteiger charge is -2.27. The van der Waals surface area contributed by atoms with Crippen LogP contribution in [0.2, 0.25) is 0 Å². The van der Waals surface area contributed by atoms with Crippen LogP contribution in [0.4, 0.5) is 5.69 Å². The van der Waals surface area contributed by atoms with Crippen molar-refractivity contribution in [1.82, 2.24) is 4.31 Å². The molecule has 0 aliphatic carbocycles. The number of sulfonamides is 1. The predicted octanol–water partition coefficient (Wildman–Crippen LogP) is 2.69. The Hall–Kier alpha value is -1.07. The van der Waals surface area contributed by atoms with Gasteiger partial charge in [0.05, 0.1) is 4.90 Å². The third-order valence-electron chi connectivity index (χ3n) is 3.58. The Kier molecular flexibility index (Phi) is 4.98. The Bertz CT molecular complexity index is 526. The molecule has 0 saturated heterocycles. The van der Waals surface area contributed by atoms with Crippen LogP contribution in [0.1, 0.15) is 37.8 Å². The summed E-state index contributed by atoms with van der Waals surface area (Å²) in [4.78, 5) is 0.385. The lowest BCUT2D eigenvalue weighted by Crippen LogP contribution is -2.36. The van der Waals surface area contributed by atoms with Crippen LogP contribution < -0.4 is 5.73 Å². The van der Waals surface area contributed by atoms with Crippen LogP contribution in [0, 0.1) is 13.8 Å². The van der Waals surface area contributed by atoms with Gasteiger partial charge in [0.1, 0.15) is 0 Å². The van der Waals surface area contributed by atoms with E-state index in [4.69, 9.17) is 5.73 Å². The van der Waals surface area contributed by atoms with Crippen molar-refractivity contribution in [2.75, 3.05) is 12.8 Å². The zero-order valence-electron chi connectivity index (χ0n) is 12.4. The van der Waals surface area contributed by atoms with E-state index < -0.39 is 10.0 Å². The molecule has 0 heterocycles. The third kappa shape index (κ3) is 3.09. The number of nitrogens with two attached hydrogens (primary N) is 1. The molecule has 5 heteroatoms. The number of anilines is 1. The van der Waals surface area contributed by atoms with Crippen LogP contribution in [-0.4, -0.2) is 25.8 Å². The van der Waals surface area contributed by atoms with Gasteiger partial charge in [-0.15, -0.1) is 0 Å². The van der Waals surface area contributed by atoms with E-state index in [-0.39, 0.29) is 6.04 Å². The smallest absolute Gasteiger partial charge is 0.243 e. The Morgan fingerprint density at radius 3 is 1.95 bits per heavy atom. The number of benzene rings is 1. The normalized spacial score (nSPS) is 12.4. The van der Waals surface area contributed by atoms with Gasteiger partial charge >= 0.3 is 0 Å². The van der Waals surface area contributed by atoms with Crippen LogP contribution in [0.3, 0.4) is 0 Å². The summed E-state index contributed by atoms with van der Waals surface area (Å²) < 4.78 is 26.9. The summed E-state index contributed by atoms with van der Waals surface area (Å²) in [6.07, 6.45) is 1.61. The molecule has 0 aliphatic heterocycles. The third-order valence-corrected chi connectivity index (χ3v) is 5.79. The summed E-state index contributed by atoms with van der Waals surface area (Å²) in [6, 6.07) is 3.45. The highest BCUT2D eigenvalue weighted by molar-refractivity contribution is 7.89. The van der Waals surface area contributed by atoms with E-state index >= 15 is 0 Å². The Balaban J connectivity index is 3.36. The van der Waals surface area contributed by atoms with Crippen LogP contribution in [-0.2, 0) is 10.0 Å². The molecule has 1 aromatic rings. The van der Waals surface area contributed by atoms with Crippen molar-refractivity contribution in [2.45, 2.75) is 51.5 Å². The first-order valence-corrected chi connectivity index (χ1v) is 8.04. The van der Waals surface area contributed by atoms with Gasteiger partial charge in [-0.05, 0) is 49.9 Å². The fourth-order valence-electron chi connectivity index (χ4n) is 2.53. The average Bonchev–Trinajstić information content (AvgIpc) is 2.28. The summed E-state index contributed by atoms with van der Waals surface area (Å²) >= 11 is 0. The minimum absolute atomic E-state index is 0.0290. The first kappa shape index (κ1) is 16.0. The Labute approximate surface area is 116 Å². The molecule has 0 radical (unpaired) electrons. The molecule has 0 spiro atoms. The van der Waals surface area contributed by atoms with Crippen molar-refractivity contribution < 1.29 is 8.42 Å². The predicted molar refractivity (Wildman–Crippen MR) is 79.6 cm³/mol. The monoisotopic (exact) mass is 284 g/mol. The molecule has 19 heavy (non-hydrogen) atoms. The van der Waals surface area contributed by atoms with Gasteiger partial charge in [-0.2, -0.15) is 4.31 Å². The number of hydrogen-bond donors (Lipinski definition) is 1. The fourth-order valence-corrected chi connectivity index (χ4v) is 4.44. The minimum atomic E-state index is -3.46. The molecule has 0 saturated carbocycles. The second kappa shape index (κ2) is 5.92. The first-order valence-electron chi connectivity index (χ1n) is 6.60. The number of nitrogen functional groups attached to an aromatic ring is 1. The lowest BCUT2D eigenvalue weighted by molar-refractivity contribution is 0.349. The highest BCUT2D eigenvalue weighted by Crippen LogP contribution is 2.27. The van der Waals surface area contributed by atoms with Crippen molar-refractivity contribution in [3.63, 3.8) is 0 Å². The Morgan fingerprint density at radius 1 is 1.16 bits per heavy atom. The van der Waals surface area contributed by atoms with Crippen molar-refractivity contribution in [3.8, 4) is 0 Å². The average molecular weight is 284 g/mol. The van der Waals surface area contributed by atoms with Crippen molar-refractivity contribution in [1.29, 1.82) is 0 Å². The molecule has 4 nitrogen and oxygen atoms in total. The van der Waals surface area contributed by atoms with E-state index in [1.54, 1.807) is 33.0 Å². The summed E-state index contributed by atoms with van der Waals surface area (Å²) in [6.45, 7) is 7.58. The Morgan fingerprint density at radius 2 is 1.58 bits per heavy atom. The molecular formula is C14H24N2O2S. The van der Waals surface area contributed by atoms with Crippen molar-refractivity contribution >= 4 is 15.7 Å². The molecule has 0 bridgehead atoms. The van der Waals surface area contributed by atoms with Gasteiger partial charge in [0.15, 0.2) is 0 Å². The molecule has 0 amide bonds. The van der Waals surface area contributed by atoms with E-state index in [0.29, 0.717) is 21.7 Å².